The largest absolute Gasteiger partial charge is 0.366 e. The van der Waals surface area contributed by atoms with Crippen LogP contribution >= 0.6 is 0 Å². The average molecular weight is 240 g/mol. The van der Waals surface area contributed by atoms with Gasteiger partial charge in [-0.3, -0.25) is 4.79 Å². The summed E-state index contributed by atoms with van der Waals surface area (Å²) in [6.45, 7) is 0.754. The molecule has 2 heterocycles. The van der Waals surface area contributed by atoms with Gasteiger partial charge in [-0.1, -0.05) is 12.2 Å². The van der Waals surface area contributed by atoms with Crippen molar-refractivity contribution in [1.29, 1.82) is 0 Å². The number of nitrogens with zero attached hydrogens (tertiary/aromatic N) is 1. The number of aromatic amines is 1. The molecular weight excluding hydrogens is 228 g/mol. The lowest BCUT2D eigenvalue weighted by Crippen LogP contribution is -2.36. The zero-order chi connectivity index (χ0) is 11.6. The summed E-state index contributed by atoms with van der Waals surface area (Å²) < 4.78 is 25.5. The van der Waals surface area contributed by atoms with Crippen molar-refractivity contribution >= 4 is 10.0 Å². The third-order valence-electron chi connectivity index (χ3n) is 2.43. The molecule has 0 bridgehead atoms. The van der Waals surface area contributed by atoms with Gasteiger partial charge in [-0.25, -0.2) is 8.42 Å². The normalized spacial score (nSPS) is 17.5. The summed E-state index contributed by atoms with van der Waals surface area (Å²) in [6, 6.07) is 1.21. The molecule has 1 aromatic rings. The van der Waals surface area contributed by atoms with E-state index in [1.54, 1.807) is 6.08 Å². The standard InChI is InChI=1S/C10H12N2O3S/c13-9-4-5-11-8-10(9)16(14,15)12-6-2-1-3-7-12/h1-2,4-5,8H,3,6-7H2,(H,11,13). The molecule has 0 amide bonds. The van der Waals surface area contributed by atoms with Gasteiger partial charge in [0.2, 0.25) is 15.5 Å². The van der Waals surface area contributed by atoms with Gasteiger partial charge in [-0.05, 0) is 6.42 Å². The molecule has 0 saturated heterocycles. The predicted molar refractivity (Wildman–Crippen MR) is 59.6 cm³/mol. The Labute approximate surface area is 93.5 Å². The van der Waals surface area contributed by atoms with Crippen LogP contribution in [0, 0.1) is 0 Å². The van der Waals surface area contributed by atoms with E-state index in [2.05, 4.69) is 4.98 Å². The van der Waals surface area contributed by atoms with E-state index < -0.39 is 15.5 Å². The summed E-state index contributed by atoms with van der Waals surface area (Å²) in [4.78, 5) is 13.9. The van der Waals surface area contributed by atoms with Crippen LogP contribution in [0.5, 0.6) is 0 Å². The van der Waals surface area contributed by atoms with Crippen LogP contribution in [0.4, 0.5) is 0 Å². The number of aromatic nitrogens is 1. The first-order valence-electron chi connectivity index (χ1n) is 4.94. The molecule has 16 heavy (non-hydrogen) atoms. The molecule has 86 valence electrons. The van der Waals surface area contributed by atoms with Crippen molar-refractivity contribution in [2.45, 2.75) is 11.3 Å². The summed E-state index contributed by atoms with van der Waals surface area (Å²) in [5.74, 6) is 0. The quantitative estimate of drug-likeness (QED) is 0.757. The molecule has 1 aliphatic heterocycles. The highest BCUT2D eigenvalue weighted by atomic mass is 32.2. The van der Waals surface area contributed by atoms with Crippen LogP contribution in [0.2, 0.25) is 0 Å². The van der Waals surface area contributed by atoms with Gasteiger partial charge >= 0.3 is 0 Å². The van der Waals surface area contributed by atoms with Crippen LogP contribution in [0.15, 0.2) is 40.3 Å². The first-order valence-corrected chi connectivity index (χ1v) is 6.38. The smallest absolute Gasteiger partial charge is 0.248 e. The zero-order valence-electron chi connectivity index (χ0n) is 8.59. The Morgan fingerprint density at radius 1 is 1.31 bits per heavy atom. The number of hydrogen-bond donors (Lipinski definition) is 1. The van der Waals surface area contributed by atoms with Crippen LogP contribution in [-0.4, -0.2) is 30.8 Å². The van der Waals surface area contributed by atoms with E-state index in [1.807, 2.05) is 6.08 Å². The van der Waals surface area contributed by atoms with Crippen molar-refractivity contribution in [1.82, 2.24) is 9.29 Å². The molecule has 1 aromatic heterocycles. The Morgan fingerprint density at radius 2 is 2.12 bits per heavy atom. The molecule has 0 radical (unpaired) electrons. The number of nitrogens with one attached hydrogen (secondary N) is 1. The zero-order valence-corrected chi connectivity index (χ0v) is 9.40. The predicted octanol–water partition coefficient (Wildman–Crippen LogP) is 0.326. The van der Waals surface area contributed by atoms with E-state index >= 15 is 0 Å². The van der Waals surface area contributed by atoms with Gasteiger partial charge in [0.15, 0.2) is 0 Å². The maximum Gasteiger partial charge on any atom is 0.248 e. The Kier molecular flexibility index (Phi) is 2.93. The van der Waals surface area contributed by atoms with Gasteiger partial charge in [-0.15, -0.1) is 0 Å². The molecule has 0 atom stereocenters. The first-order chi connectivity index (χ1) is 7.62. The van der Waals surface area contributed by atoms with Crippen molar-refractivity contribution in [3.63, 3.8) is 0 Å². The molecule has 0 fully saturated rings. The van der Waals surface area contributed by atoms with Gasteiger partial charge in [-0.2, -0.15) is 4.31 Å². The molecule has 0 aromatic carbocycles. The van der Waals surface area contributed by atoms with Crippen LogP contribution in [0.25, 0.3) is 0 Å². The van der Waals surface area contributed by atoms with Crippen LogP contribution < -0.4 is 5.43 Å². The van der Waals surface area contributed by atoms with E-state index in [9.17, 15) is 13.2 Å². The lowest BCUT2D eigenvalue weighted by atomic mass is 10.3. The second-order valence-corrected chi connectivity index (χ2v) is 5.40. The van der Waals surface area contributed by atoms with Crippen molar-refractivity contribution in [3.8, 4) is 0 Å². The van der Waals surface area contributed by atoms with Crippen molar-refractivity contribution in [2.75, 3.05) is 13.1 Å². The average Bonchev–Trinajstić information content (AvgIpc) is 2.30. The lowest BCUT2D eigenvalue weighted by molar-refractivity contribution is 0.437. The highest BCUT2D eigenvalue weighted by Gasteiger charge is 2.26. The monoisotopic (exact) mass is 240 g/mol. The van der Waals surface area contributed by atoms with E-state index in [4.69, 9.17) is 0 Å². The minimum absolute atomic E-state index is 0.190. The summed E-state index contributed by atoms with van der Waals surface area (Å²) in [5, 5.41) is 0. The number of sulfonamides is 1. The fourth-order valence-corrected chi connectivity index (χ4v) is 3.03. The van der Waals surface area contributed by atoms with Gasteiger partial charge < -0.3 is 4.98 Å². The Balaban J connectivity index is 2.43. The summed E-state index contributed by atoms with van der Waals surface area (Å²) in [7, 11) is -3.65. The second-order valence-electron chi connectivity index (χ2n) is 3.50. The minimum Gasteiger partial charge on any atom is -0.366 e. The molecule has 1 N–H and O–H groups in total. The maximum atomic E-state index is 12.1. The Bertz CT molecular complexity index is 559. The molecule has 2 rings (SSSR count). The SMILES string of the molecule is O=c1cc[nH]cc1S(=O)(=O)N1CC=CCC1. The third kappa shape index (κ3) is 1.94. The molecule has 0 spiro atoms. The Hall–Kier alpha value is -1.40. The van der Waals surface area contributed by atoms with Gasteiger partial charge in [0.05, 0.1) is 0 Å². The van der Waals surface area contributed by atoms with E-state index in [0.29, 0.717) is 19.5 Å². The highest BCUT2D eigenvalue weighted by Crippen LogP contribution is 2.13. The van der Waals surface area contributed by atoms with Gasteiger partial charge in [0.25, 0.3) is 0 Å². The Morgan fingerprint density at radius 3 is 2.75 bits per heavy atom. The van der Waals surface area contributed by atoms with Gasteiger partial charge in [0, 0.05) is 31.5 Å². The molecule has 0 unspecified atom stereocenters. The summed E-state index contributed by atoms with van der Waals surface area (Å²) >= 11 is 0. The summed E-state index contributed by atoms with van der Waals surface area (Å²) in [6.07, 6.45) is 7.05. The molecular formula is C10H12N2O3S. The summed E-state index contributed by atoms with van der Waals surface area (Å²) in [5.41, 5.74) is -0.478. The van der Waals surface area contributed by atoms with Crippen LogP contribution in [0.3, 0.4) is 0 Å². The number of pyridine rings is 1. The topological polar surface area (TPSA) is 70.2 Å². The fraction of sp³-hybridized carbons (Fsp3) is 0.300. The van der Waals surface area contributed by atoms with E-state index in [-0.39, 0.29) is 4.90 Å². The van der Waals surface area contributed by atoms with Gasteiger partial charge in [0.1, 0.15) is 4.90 Å². The van der Waals surface area contributed by atoms with Crippen LogP contribution in [0.1, 0.15) is 6.42 Å². The highest BCUT2D eigenvalue weighted by molar-refractivity contribution is 7.89. The van der Waals surface area contributed by atoms with Crippen molar-refractivity contribution in [3.05, 3.63) is 40.8 Å². The van der Waals surface area contributed by atoms with Crippen molar-refractivity contribution in [2.24, 2.45) is 0 Å². The fourth-order valence-electron chi connectivity index (χ4n) is 1.58. The molecule has 0 aliphatic carbocycles. The maximum absolute atomic E-state index is 12.1. The number of H-pyrrole nitrogens is 1. The number of rotatable bonds is 2. The molecule has 5 nitrogen and oxygen atoms in total. The number of hydrogen-bond acceptors (Lipinski definition) is 3. The van der Waals surface area contributed by atoms with E-state index in [1.165, 1.54) is 22.8 Å². The first kappa shape index (κ1) is 11.1. The molecule has 6 heteroatoms. The van der Waals surface area contributed by atoms with Crippen molar-refractivity contribution < 1.29 is 8.42 Å². The van der Waals surface area contributed by atoms with E-state index in [0.717, 1.165) is 0 Å². The second kappa shape index (κ2) is 4.23. The third-order valence-corrected chi connectivity index (χ3v) is 4.31. The lowest BCUT2D eigenvalue weighted by Gasteiger charge is -2.22. The van der Waals surface area contributed by atoms with Crippen LogP contribution in [-0.2, 0) is 10.0 Å². The minimum atomic E-state index is -3.65. The molecule has 0 saturated carbocycles. The molecule has 1 aliphatic rings.